The molecule has 2 aromatic carbocycles. The zero-order valence-corrected chi connectivity index (χ0v) is 10.6. The van der Waals surface area contributed by atoms with E-state index in [1.807, 2.05) is 0 Å². The van der Waals surface area contributed by atoms with E-state index in [1.54, 1.807) is 25.1 Å². The molecule has 1 N–H and O–H groups in total. The van der Waals surface area contributed by atoms with Crippen molar-refractivity contribution >= 4 is 11.6 Å². The Morgan fingerprint density at radius 3 is 2.70 bits per heavy atom. The maximum Gasteiger partial charge on any atom is 0.258 e. The maximum atomic E-state index is 13.8. The number of carbonyl (C=O) groups excluding carboxylic acids is 1. The van der Waals surface area contributed by atoms with Crippen LogP contribution < -0.4 is 5.32 Å². The van der Waals surface area contributed by atoms with Gasteiger partial charge in [-0.15, -0.1) is 0 Å². The molecule has 1 amide bonds. The highest BCUT2D eigenvalue weighted by Gasteiger charge is 2.14. The second-order valence-corrected chi connectivity index (χ2v) is 4.20. The molecule has 20 heavy (non-hydrogen) atoms. The number of anilines is 1. The number of rotatable bonds is 2. The third kappa shape index (κ3) is 2.64. The second kappa shape index (κ2) is 5.49. The van der Waals surface area contributed by atoms with Gasteiger partial charge in [0.05, 0.1) is 11.1 Å². The molecule has 0 saturated carbocycles. The molecular weight excluding hydrogens is 262 g/mol. The average Bonchev–Trinajstić information content (AvgIpc) is 2.43. The van der Waals surface area contributed by atoms with Crippen molar-refractivity contribution < 1.29 is 13.6 Å². The van der Waals surface area contributed by atoms with Gasteiger partial charge in [-0.1, -0.05) is 12.1 Å². The summed E-state index contributed by atoms with van der Waals surface area (Å²) in [6.07, 6.45) is 0. The lowest BCUT2D eigenvalue weighted by molar-refractivity contribution is 0.102. The molecule has 0 saturated heterocycles. The molecule has 2 rings (SSSR count). The number of hydrogen-bond donors (Lipinski definition) is 1. The van der Waals surface area contributed by atoms with Crippen LogP contribution in [0.15, 0.2) is 36.4 Å². The van der Waals surface area contributed by atoms with E-state index in [-0.39, 0.29) is 16.8 Å². The van der Waals surface area contributed by atoms with Crippen molar-refractivity contribution in [2.75, 3.05) is 5.32 Å². The first-order valence-electron chi connectivity index (χ1n) is 5.79. The first-order valence-corrected chi connectivity index (χ1v) is 5.79. The summed E-state index contributed by atoms with van der Waals surface area (Å²) in [7, 11) is 0. The molecule has 0 bridgehead atoms. The van der Waals surface area contributed by atoms with Gasteiger partial charge >= 0.3 is 0 Å². The first-order chi connectivity index (χ1) is 9.52. The normalized spacial score (nSPS) is 9.90. The van der Waals surface area contributed by atoms with E-state index >= 15 is 0 Å². The van der Waals surface area contributed by atoms with Crippen LogP contribution >= 0.6 is 0 Å². The summed E-state index contributed by atoms with van der Waals surface area (Å²) in [5.41, 5.74) is 0.295. The highest BCUT2D eigenvalue weighted by atomic mass is 19.1. The van der Waals surface area contributed by atoms with E-state index < -0.39 is 17.5 Å². The molecule has 0 aliphatic carbocycles. The van der Waals surface area contributed by atoms with E-state index in [1.165, 1.54) is 18.2 Å². The quantitative estimate of drug-likeness (QED) is 0.911. The predicted octanol–water partition coefficient (Wildman–Crippen LogP) is 3.40. The molecule has 0 unspecified atom stereocenters. The molecule has 0 radical (unpaired) electrons. The van der Waals surface area contributed by atoms with Gasteiger partial charge in [-0.2, -0.15) is 5.26 Å². The van der Waals surface area contributed by atoms with E-state index in [0.29, 0.717) is 5.56 Å². The van der Waals surface area contributed by atoms with E-state index in [9.17, 15) is 13.6 Å². The molecule has 0 heterocycles. The number of carbonyl (C=O) groups is 1. The molecule has 0 aliphatic heterocycles. The van der Waals surface area contributed by atoms with Gasteiger partial charge in [0.25, 0.3) is 5.91 Å². The molecule has 2 aromatic rings. The zero-order valence-electron chi connectivity index (χ0n) is 10.6. The van der Waals surface area contributed by atoms with Crippen LogP contribution in [0.5, 0.6) is 0 Å². The van der Waals surface area contributed by atoms with Gasteiger partial charge in [0.1, 0.15) is 17.7 Å². The lowest BCUT2D eigenvalue weighted by Gasteiger charge is -2.08. The van der Waals surface area contributed by atoms with Crippen LogP contribution in [-0.2, 0) is 0 Å². The van der Waals surface area contributed by atoms with Crippen LogP contribution in [0.4, 0.5) is 14.5 Å². The monoisotopic (exact) mass is 272 g/mol. The van der Waals surface area contributed by atoms with E-state index in [4.69, 9.17) is 5.26 Å². The van der Waals surface area contributed by atoms with Gasteiger partial charge < -0.3 is 5.32 Å². The number of hydrogen-bond acceptors (Lipinski definition) is 2. The zero-order chi connectivity index (χ0) is 14.7. The summed E-state index contributed by atoms with van der Waals surface area (Å²) >= 11 is 0. The lowest BCUT2D eigenvalue weighted by Crippen LogP contribution is -2.14. The number of halogens is 2. The fourth-order valence-electron chi connectivity index (χ4n) is 1.71. The number of nitrogens with zero attached hydrogens (tertiary/aromatic N) is 1. The number of nitrogens with one attached hydrogen (secondary N) is 1. The van der Waals surface area contributed by atoms with Crippen LogP contribution in [0.1, 0.15) is 21.5 Å². The minimum Gasteiger partial charge on any atom is -0.322 e. The van der Waals surface area contributed by atoms with Crippen molar-refractivity contribution in [3.05, 3.63) is 64.7 Å². The molecule has 0 fully saturated rings. The Kier molecular flexibility index (Phi) is 3.76. The third-order valence-electron chi connectivity index (χ3n) is 2.78. The summed E-state index contributed by atoms with van der Waals surface area (Å²) in [6, 6.07) is 9.72. The molecule has 0 spiro atoms. The van der Waals surface area contributed by atoms with Crippen molar-refractivity contribution in [2.45, 2.75) is 6.92 Å². The minimum atomic E-state index is -0.674. The minimum absolute atomic E-state index is 0.104. The Bertz CT molecular complexity index is 720. The average molecular weight is 272 g/mol. The predicted molar refractivity (Wildman–Crippen MR) is 70.2 cm³/mol. The summed E-state index contributed by atoms with van der Waals surface area (Å²) in [5.74, 6) is -1.93. The van der Waals surface area contributed by atoms with Gasteiger partial charge in [-0.25, -0.2) is 8.78 Å². The first kappa shape index (κ1) is 13.7. The van der Waals surface area contributed by atoms with Gasteiger partial charge in [0, 0.05) is 5.69 Å². The highest BCUT2D eigenvalue weighted by Crippen LogP contribution is 2.17. The summed E-state index contributed by atoms with van der Waals surface area (Å²) in [5, 5.41) is 11.1. The van der Waals surface area contributed by atoms with Crippen LogP contribution in [0.2, 0.25) is 0 Å². The van der Waals surface area contributed by atoms with Crippen LogP contribution in [0.3, 0.4) is 0 Å². The molecule has 3 nitrogen and oxygen atoms in total. The smallest absolute Gasteiger partial charge is 0.258 e. The molecule has 0 aromatic heterocycles. The van der Waals surface area contributed by atoms with Crippen molar-refractivity contribution in [1.82, 2.24) is 0 Å². The molecule has 100 valence electrons. The number of benzene rings is 2. The largest absolute Gasteiger partial charge is 0.322 e. The van der Waals surface area contributed by atoms with Crippen LogP contribution in [0, 0.1) is 29.9 Å². The second-order valence-electron chi connectivity index (χ2n) is 4.20. The van der Waals surface area contributed by atoms with Crippen molar-refractivity contribution in [2.24, 2.45) is 0 Å². The van der Waals surface area contributed by atoms with Gasteiger partial charge in [-0.3, -0.25) is 4.79 Å². The lowest BCUT2D eigenvalue weighted by atomic mass is 10.1. The van der Waals surface area contributed by atoms with Gasteiger partial charge in [0.2, 0.25) is 0 Å². The maximum absolute atomic E-state index is 13.8. The Labute approximate surface area is 114 Å². The SMILES string of the molecule is Cc1cccc(C(=O)Nc2ccc(F)c(C#N)c2)c1F. The number of amides is 1. The molecule has 0 aliphatic rings. The Morgan fingerprint density at radius 2 is 2.00 bits per heavy atom. The molecule has 5 heteroatoms. The fraction of sp³-hybridized carbons (Fsp3) is 0.0667. The van der Waals surface area contributed by atoms with Gasteiger partial charge in [-0.05, 0) is 36.8 Å². The van der Waals surface area contributed by atoms with E-state index in [2.05, 4.69) is 5.32 Å². The number of nitriles is 1. The highest BCUT2D eigenvalue weighted by molar-refractivity contribution is 6.04. The van der Waals surface area contributed by atoms with Crippen molar-refractivity contribution in [3.63, 3.8) is 0 Å². The molecule has 0 atom stereocenters. The van der Waals surface area contributed by atoms with E-state index in [0.717, 1.165) is 6.07 Å². The van der Waals surface area contributed by atoms with Crippen LogP contribution in [-0.4, -0.2) is 5.91 Å². The summed E-state index contributed by atoms with van der Waals surface area (Å²) < 4.78 is 26.9. The Balaban J connectivity index is 2.29. The topological polar surface area (TPSA) is 52.9 Å². The van der Waals surface area contributed by atoms with Gasteiger partial charge in [0.15, 0.2) is 0 Å². The molecular formula is C15H10F2N2O. The summed E-state index contributed by atoms with van der Waals surface area (Å²) in [4.78, 5) is 11.9. The van der Waals surface area contributed by atoms with Crippen LogP contribution in [0.25, 0.3) is 0 Å². The number of aryl methyl sites for hydroxylation is 1. The van der Waals surface area contributed by atoms with Crippen molar-refractivity contribution in [3.8, 4) is 6.07 Å². The Hall–Kier alpha value is -2.74. The fourth-order valence-corrected chi connectivity index (χ4v) is 1.71. The Morgan fingerprint density at radius 1 is 1.25 bits per heavy atom. The standard InChI is InChI=1S/C15H10F2N2O/c1-9-3-2-4-12(14(9)17)15(20)19-11-5-6-13(16)10(7-11)8-18/h2-7H,1H3,(H,19,20). The third-order valence-corrected chi connectivity index (χ3v) is 2.78. The summed E-state index contributed by atoms with van der Waals surface area (Å²) in [6.45, 7) is 1.55. The van der Waals surface area contributed by atoms with Crippen molar-refractivity contribution in [1.29, 1.82) is 5.26 Å².